The van der Waals surface area contributed by atoms with Crippen molar-refractivity contribution in [2.45, 2.75) is 17.8 Å². The Balaban J connectivity index is 3.62. The molecule has 0 saturated heterocycles. The molecule has 17 heavy (non-hydrogen) atoms. The second-order valence-electron chi connectivity index (χ2n) is 3.13. The van der Waals surface area contributed by atoms with Crippen molar-refractivity contribution in [3.63, 3.8) is 0 Å². The standard InChI is InChI=1S/C8H5F6NO2/c9-7(10,11)6(5(16)17,8(12,13)14)4-2-1-3-15-4/h1-3,15H,(H,16,17). The van der Waals surface area contributed by atoms with Crippen LogP contribution in [0.25, 0.3) is 0 Å². The second-order valence-corrected chi connectivity index (χ2v) is 3.13. The number of halogens is 6. The number of carbonyl (C=O) groups is 1. The summed E-state index contributed by atoms with van der Waals surface area (Å²) in [6, 6.07) is 1.28. The average molecular weight is 261 g/mol. The van der Waals surface area contributed by atoms with E-state index in [4.69, 9.17) is 5.11 Å². The summed E-state index contributed by atoms with van der Waals surface area (Å²) >= 11 is 0. The van der Waals surface area contributed by atoms with Crippen molar-refractivity contribution in [1.82, 2.24) is 4.98 Å². The Morgan fingerprint density at radius 3 is 1.82 bits per heavy atom. The van der Waals surface area contributed by atoms with Gasteiger partial charge < -0.3 is 10.1 Å². The third-order valence-corrected chi connectivity index (χ3v) is 2.17. The maximum atomic E-state index is 12.6. The number of nitrogens with one attached hydrogen (secondary N) is 1. The van der Waals surface area contributed by atoms with Crippen molar-refractivity contribution in [3.8, 4) is 0 Å². The van der Waals surface area contributed by atoms with Crippen LogP contribution in [0, 0.1) is 0 Å². The lowest BCUT2D eigenvalue weighted by Gasteiger charge is -2.32. The molecule has 0 spiro atoms. The van der Waals surface area contributed by atoms with Gasteiger partial charge in [0.2, 0.25) is 0 Å². The van der Waals surface area contributed by atoms with Crippen molar-refractivity contribution in [2.24, 2.45) is 0 Å². The van der Waals surface area contributed by atoms with E-state index in [1.165, 1.54) is 0 Å². The van der Waals surface area contributed by atoms with Crippen molar-refractivity contribution >= 4 is 5.97 Å². The van der Waals surface area contributed by atoms with Crippen LogP contribution in [0.4, 0.5) is 26.3 Å². The molecular formula is C8H5F6NO2. The molecule has 1 rings (SSSR count). The molecule has 2 N–H and O–H groups in total. The number of hydrogen-bond acceptors (Lipinski definition) is 1. The van der Waals surface area contributed by atoms with Crippen LogP contribution in [-0.2, 0) is 10.2 Å². The zero-order valence-corrected chi connectivity index (χ0v) is 7.86. The Morgan fingerprint density at radius 1 is 1.12 bits per heavy atom. The highest BCUT2D eigenvalue weighted by molar-refractivity contribution is 5.83. The van der Waals surface area contributed by atoms with Crippen LogP contribution in [-0.4, -0.2) is 28.4 Å². The lowest BCUT2D eigenvalue weighted by Crippen LogP contribution is -2.59. The van der Waals surface area contributed by atoms with Gasteiger partial charge in [0.25, 0.3) is 5.41 Å². The topological polar surface area (TPSA) is 53.1 Å². The first-order chi connectivity index (χ1) is 7.55. The van der Waals surface area contributed by atoms with Gasteiger partial charge in [-0.15, -0.1) is 0 Å². The van der Waals surface area contributed by atoms with Gasteiger partial charge in [-0.05, 0) is 12.1 Å². The molecule has 3 nitrogen and oxygen atoms in total. The number of carboxylic acid groups (broad SMARTS) is 1. The average Bonchev–Trinajstić information content (AvgIpc) is 2.50. The highest BCUT2D eigenvalue weighted by Gasteiger charge is 2.77. The van der Waals surface area contributed by atoms with E-state index < -0.39 is 29.4 Å². The minimum Gasteiger partial charge on any atom is -0.480 e. The summed E-state index contributed by atoms with van der Waals surface area (Å²) in [6.45, 7) is 0. The molecule has 0 aromatic carbocycles. The fourth-order valence-corrected chi connectivity index (χ4v) is 1.39. The van der Waals surface area contributed by atoms with Crippen molar-refractivity contribution < 1.29 is 36.2 Å². The summed E-state index contributed by atoms with van der Waals surface area (Å²) in [5.41, 5.74) is -6.42. The fraction of sp³-hybridized carbons (Fsp3) is 0.375. The third kappa shape index (κ3) is 1.75. The molecule has 0 unspecified atom stereocenters. The molecule has 0 amide bonds. The van der Waals surface area contributed by atoms with E-state index in [0.717, 1.165) is 12.3 Å². The Labute approximate surface area is 90.0 Å². The maximum absolute atomic E-state index is 12.6. The van der Waals surface area contributed by atoms with Gasteiger partial charge in [-0.2, -0.15) is 26.3 Å². The normalized spacial score (nSPS) is 13.8. The largest absolute Gasteiger partial charge is 0.480 e. The molecule has 1 heterocycles. The van der Waals surface area contributed by atoms with Crippen LogP contribution in [0.5, 0.6) is 0 Å². The SMILES string of the molecule is O=C(O)C(c1ccc[nH]1)(C(F)(F)F)C(F)(F)F. The van der Waals surface area contributed by atoms with E-state index in [0.29, 0.717) is 6.07 Å². The van der Waals surface area contributed by atoms with Gasteiger partial charge in [0, 0.05) is 6.20 Å². The first-order valence-corrected chi connectivity index (χ1v) is 4.06. The number of rotatable bonds is 2. The Kier molecular flexibility index (Phi) is 2.89. The number of carboxylic acids is 1. The molecule has 9 heteroatoms. The minimum atomic E-state index is -6.01. The molecule has 0 atom stereocenters. The zero-order chi connectivity index (χ0) is 13.5. The van der Waals surface area contributed by atoms with E-state index in [9.17, 15) is 31.1 Å². The Morgan fingerprint density at radius 2 is 1.59 bits per heavy atom. The second kappa shape index (κ2) is 3.67. The lowest BCUT2D eigenvalue weighted by atomic mass is 9.83. The van der Waals surface area contributed by atoms with E-state index in [2.05, 4.69) is 0 Å². The Hall–Kier alpha value is -1.67. The molecule has 0 saturated carbocycles. The number of aromatic nitrogens is 1. The minimum absolute atomic E-state index is 0.426. The first-order valence-electron chi connectivity index (χ1n) is 4.06. The van der Waals surface area contributed by atoms with Gasteiger partial charge >= 0.3 is 18.3 Å². The summed E-state index contributed by atoms with van der Waals surface area (Å²) in [5, 5.41) is 8.41. The van der Waals surface area contributed by atoms with Crippen LogP contribution in [0.1, 0.15) is 5.69 Å². The number of aliphatic carboxylic acids is 1. The summed E-state index contributed by atoms with van der Waals surface area (Å²) in [7, 11) is 0. The van der Waals surface area contributed by atoms with Gasteiger partial charge in [0.05, 0.1) is 5.69 Å². The fourth-order valence-electron chi connectivity index (χ4n) is 1.39. The summed E-state index contributed by atoms with van der Waals surface area (Å²) in [5.74, 6) is -3.03. The number of H-pyrrole nitrogens is 1. The quantitative estimate of drug-likeness (QED) is 0.803. The van der Waals surface area contributed by atoms with E-state index in [1.807, 2.05) is 0 Å². The third-order valence-electron chi connectivity index (χ3n) is 2.17. The van der Waals surface area contributed by atoms with Crippen LogP contribution in [0.15, 0.2) is 18.3 Å². The molecule has 1 aromatic heterocycles. The molecule has 96 valence electrons. The molecule has 0 aliphatic carbocycles. The predicted molar refractivity (Wildman–Crippen MR) is 42.2 cm³/mol. The summed E-state index contributed by atoms with van der Waals surface area (Å²) in [6.07, 6.45) is -11.2. The van der Waals surface area contributed by atoms with E-state index in [-0.39, 0.29) is 0 Å². The summed E-state index contributed by atoms with van der Waals surface area (Å²) < 4.78 is 75.4. The Bertz CT molecular complexity index is 391. The van der Waals surface area contributed by atoms with Crippen molar-refractivity contribution in [2.75, 3.05) is 0 Å². The predicted octanol–water partition coefficient (Wildman–Crippen LogP) is 2.46. The van der Waals surface area contributed by atoms with Crippen LogP contribution in [0.2, 0.25) is 0 Å². The van der Waals surface area contributed by atoms with Crippen LogP contribution < -0.4 is 0 Å². The van der Waals surface area contributed by atoms with Crippen molar-refractivity contribution in [1.29, 1.82) is 0 Å². The number of hydrogen-bond donors (Lipinski definition) is 2. The molecule has 0 aliphatic rings. The highest BCUT2D eigenvalue weighted by Crippen LogP contribution is 2.51. The summed E-state index contributed by atoms with van der Waals surface area (Å²) in [4.78, 5) is 12.2. The zero-order valence-electron chi connectivity index (χ0n) is 7.86. The van der Waals surface area contributed by atoms with Crippen molar-refractivity contribution in [3.05, 3.63) is 24.0 Å². The van der Waals surface area contributed by atoms with E-state index >= 15 is 0 Å². The lowest BCUT2D eigenvalue weighted by molar-refractivity contribution is -0.298. The molecule has 0 fully saturated rings. The maximum Gasteiger partial charge on any atom is 0.419 e. The van der Waals surface area contributed by atoms with Gasteiger partial charge in [-0.3, -0.25) is 4.79 Å². The van der Waals surface area contributed by atoms with Gasteiger partial charge in [-0.25, -0.2) is 0 Å². The van der Waals surface area contributed by atoms with Crippen LogP contribution in [0.3, 0.4) is 0 Å². The molecule has 0 bridgehead atoms. The molecule has 0 aliphatic heterocycles. The highest BCUT2D eigenvalue weighted by atomic mass is 19.4. The number of aromatic amines is 1. The van der Waals surface area contributed by atoms with E-state index in [1.54, 1.807) is 4.98 Å². The number of alkyl halides is 6. The molecular weight excluding hydrogens is 256 g/mol. The smallest absolute Gasteiger partial charge is 0.419 e. The first kappa shape index (κ1) is 13.4. The molecule has 0 radical (unpaired) electrons. The van der Waals surface area contributed by atoms with Gasteiger partial charge in [-0.1, -0.05) is 0 Å². The van der Waals surface area contributed by atoms with Gasteiger partial charge in [0.15, 0.2) is 0 Å². The van der Waals surface area contributed by atoms with Crippen LogP contribution >= 0.6 is 0 Å². The molecule has 1 aromatic rings. The van der Waals surface area contributed by atoms with Gasteiger partial charge in [0.1, 0.15) is 0 Å². The monoisotopic (exact) mass is 261 g/mol.